The lowest BCUT2D eigenvalue weighted by Crippen LogP contribution is -2.08. The van der Waals surface area contributed by atoms with Crippen LogP contribution in [0.4, 0.5) is 0 Å². The minimum atomic E-state index is -0.394. The number of aliphatic hydroxyl groups excluding tert-OH is 1. The molecule has 0 fully saturated rings. The minimum absolute atomic E-state index is 0.233. The maximum Gasteiger partial charge on any atom is 0.122 e. The number of aryl methyl sites for hydroxylation is 2. The first-order chi connectivity index (χ1) is 6.97. The second-order valence-electron chi connectivity index (χ2n) is 4.37. The van der Waals surface area contributed by atoms with E-state index in [1.165, 1.54) is 0 Å². The lowest BCUT2D eigenvalue weighted by atomic mass is 9.93. The topological polar surface area (TPSA) is 29.5 Å². The quantitative estimate of drug-likeness (QED) is 0.827. The zero-order valence-electron chi connectivity index (χ0n) is 10.2. The Morgan fingerprint density at radius 2 is 1.73 bits per heavy atom. The highest BCUT2D eigenvalue weighted by atomic mass is 16.5. The van der Waals surface area contributed by atoms with E-state index < -0.39 is 6.10 Å². The van der Waals surface area contributed by atoms with Gasteiger partial charge in [-0.05, 0) is 48.6 Å². The number of rotatable bonds is 3. The van der Waals surface area contributed by atoms with Crippen molar-refractivity contribution >= 4 is 0 Å². The average Bonchev–Trinajstić information content (AvgIpc) is 2.19. The van der Waals surface area contributed by atoms with Crippen molar-refractivity contribution in [2.75, 3.05) is 7.11 Å². The maximum atomic E-state index is 10.0. The van der Waals surface area contributed by atoms with Gasteiger partial charge in [-0.1, -0.05) is 13.8 Å². The van der Waals surface area contributed by atoms with Gasteiger partial charge < -0.3 is 9.84 Å². The van der Waals surface area contributed by atoms with Crippen LogP contribution in [0.15, 0.2) is 12.1 Å². The monoisotopic (exact) mass is 208 g/mol. The highest BCUT2D eigenvalue weighted by Gasteiger charge is 2.15. The fraction of sp³-hybridized carbons (Fsp3) is 0.538. The van der Waals surface area contributed by atoms with Crippen molar-refractivity contribution in [2.45, 2.75) is 33.8 Å². The first-order valence-corrected chi connectivity index (χ1v) is 5.30. The molecule has 0 heterocycles. The Morgan fingerprint density at radius 3 is 2.20 bits per heavy atom. The molecule has 0 aliphatic rings. The second kappa shape index (κ2) is 4.67. The summed E-state index contributed by atoms with van der Waals surface area (Å²) in [7, 11) is 1.67. The number of benzene rings is 1. The average molecular weight is 208 g/mol. The van der Waals surface area contributed by atoms with Gasteiger partial charge in [-0.3, -0.25) is 0 Å². The summed E-state index contributed by atoms with van der Waals surface area (Å²) in [6.45, 7) is 8.03. The molecule has 0 bridgehead atoms. The smallest absolute Gasteiger partial charge is 0.122 e. The van der Waals surface area contributed by atoms with Crippen molar-refractivity contribution in [3.05, 3.63) is 28.8 Å². The van der Waals surface area contributed by atoms with Gasteiger partial charge in [0.1, 0.15) is 5.75 Å². The molecular weight excluding hydrogens is 188 g/mol. The van der Waals surface area contributed by atoms with Crippen molar-refractivity contribution in [3.8, 4) is 5.75 Å². The predicted octanol–water partition coefficient (Wildman–Crippen LogP) is 3.00. The first kappa shape index (κ1) is 12.1. The lowest BCUT2D eigenvalue weighted by molar-refractivity contribution is 0.126. The number of ether oxygens (including phenoxy) is 1. The minimum Gasteiger partial charge on any atom is -0.496 e. The van der Waals surface area contributed by atoms with Crippen LogP contribution in [0.1, 0.15) is 36.6 Å². The first-order valence-electron chi connectivity index (χ1n) is 5.30. The van der Waals surface area contributed by atoms with Gasteiger partial charge in [0, 0.05) is 0 Å². The molecule has 0 saturated heterocycles. The maximum absolute atomic E-state index is 10.0. The molecule has 1 aromatic carbocycles. The number of methoxy groups -OCH3 is 1. The molecule has 1 rings (SSSR count). The van der Waals surface area contributed by atoms with Gasteiger partial charge in [-0.25, -0.2) is 0 Å². The van der Waals surface area contributed by atoms with E-state index >= 15 is 0 Å². The van der Waals surface area contributed by atoms with Gasteiger partial charge in [-0.2, -0.15) is 0 Å². The van der Waals surface area contributed by atoms with Crippen molar-refractivity contribution in [1.29, 1.82) is 0 Å². The molecule has 0 aromatic heterocycles. The zero-order chi connectivity index (χ0) is 11.6. The lowest BCUT2D eigenvalue weighted by Gasteiger charge is -2.19. The standard InChI is InChI=1S/C13H20O2/c1-8(2)13(14)11-6-10(4)12(15-5)7-9(11)3/h6-8,13-14H,1-5H3. The van der Waals surface area contributed by atoms with Crippen LogP contribution in [-0.4, -0.2) is 12.2 Å². The van der Waals surface area contributed by atoms with Crippen LogP contribution >= 0.6 is 0 Å². The molecule has 1 unspecified atom stereocenters. The number of hydrogen-bond donors (Lipinski definition) is 1. The van der Waals surface area contributed by atoms with E-state index in [9.17, 15) is 5.11 Å². The van der Waals surface area contributed by atoms with E-state index in [2.05, 4.69) is 0 Å². The molecule has 0 amide bonds. The van der Waals surface area contributed by atoms with Gasteiger partial charge in [0.25, 0.3) is 0 Å². The summed E-state index contributed by atoms with van der Waals surface area (Å²) in [5, 5.41) is 10.0. The molecule has 2 nitrogen and oxygen atoms in total. The molecule has 1 N–H and O–H groups in total. The van der Waals surface area contributed by atoms with Crippen molar-refractivity contribution in [2.24, 2.45) is 5.92 Å². The normalized spacial score (nSPS) is 13.0. The Morgan fingerprint density at radius 1 is 1.13 bits per heavy atom. The van der Waals surface area contributed by atoms with E-state index in [4.69, 9.17) is 4.74 Å². The Balaban J connectivity index is 3.15. The van der Waals surface area contributed by atoms with E-state index in [-0.39, 0.29) is 5.92 Å². The predicted molar refractivity (Wildman–Crippen MR) is 62.3 cm³/mol. The van der Waals surface area contributed by atoms with Crippen LogP contribution in [0.25, 0.3) is 0 Å². The van der Waals surface area contributed by atoms with Gasteiger partial charge in [0.15, 0.2) is 0 Å². The molecule has 0 radical (unpaired) electrons. The Bertz CT molecular complexity index is 343. The largest absolute Gasteiger partial charge is 0.496 e. The summed E-state index contributed by atoms with van der Waals surface area (Å²) in [5.41, 5.74) is 3.15. The summed E-state index contributed by atoms with van der Waals surface area (Å²) < 4.78 is 5.24. The van der Waals surface area contributed by atoms with E-state index in [1.807, 2.05) is 39.8 Å². The van der Waals surface area contributed by atoms with E-state index in [1.54, 1.807) is 7.11 Å². The second-order valence-corrected chi connectivity index (χ2v) is 4.37. The Hall–Kier alpha value is -1.02. The summed E-state index contributed by atoms with van der Waals surface area (Å²) in [5.74, 6) is 1.11. The molecule has 1 aromatic rings. The van der Waals surface area contributed by atoms with Gasteiger partial charge in [0.05, 0.1) is 13.2 Å². The SMILES string of the molecule is COc1cc(C)c(C(O)C(C)C)cc1C. The molecular formula is C13H20O2. The Labute approximate surface area is 91.9 Å². The molecule has 0 spiro atoms. The zero-order valence-corrected chi connectivity index (χ0v) is 10.2. The van der Waals surface area contributed by atoms with E-state index in [0.29, 0.717) is 0 Å². The fourth-order valence-electron chi connectivity index (χ4n) is 1.71. The van der Waals surface area contributed by atoms with E-state index in [0.717, 1.165) is 22.4 Å². The number of hydrogen-bond acceptors (Lipinski definition) is 2. The molecule has 2 heteroatoms. The van der Waals surface area contributed by atoms with Crippen LogP contribution in [0.3, 0.4) is 0 Å². The molecule has 0 aliphatic carbocycles. The summed E-state index contributed by atoms with van der Waals surface area (Å²) in [6, 6.07) is 4.00. The van der Waals surface area contributed by atoms with Crippen molar-refractivity contribution in [3.63, 3.8) is 0 Å². The van der Waals surface area contributed by atoms with Crippen molar-refractivity contribution in [1.82, 2.24) is 0 Å². The summed E-state index contributed by atoms with van der Waals surface area (Å²) >= 11 is 0. The van der Waals surface area contributed by atoms with Crippen LogP contribution in [0.2, 0.25) is 0 Å². The number of aliphatic hydroxyl groups is 1. The van der Waals surface area contributed by atoms with Crippen molar-refractivity contribution < 1.29 is 9.84 Å². The van der Waals surface area contributed by atoms with Gasteiger partial charge in [0.2, 0.25) is 0 Å². The highest BCUT2D eigenvalue weighted by molar-refractivity contribution is 5.42. The molecule has 1 atom stereocenters. The van der Waals surface area contributed by atoms with Crippen LogP contribution in [0.5, 0.6) is 5.75 Å². The van der Waals surface area contributed by atoms with Gasteiger partial charge in [-0.15, -0.1) is 0 Å². The fourth-order valence-corrected chi connectivity index (χ4v) is 1.71. The molecule has 84 valence electrons. The third-order valence-corrected chi connectivity index (χ3v) is 2.73. The van der Waals surface area contributed by atoms with Gasteiger partial charge >= 0.3 is 0 Å². The molecule has 15 heavy (non-hydrogen) atoms. The van der Waals surface area contributed by atoms with Crippen LogP contribution < -0.4 is 4.74 Å². The third-order valence-electron chi connectivity index (χ3n) is 2.73. The summed E-state index contributed by atoms with van der Waals surface area (Å²) in [6.07, 6.45) is -0.394. The van der Waals surface area contributed by atoms with Crippen LogP contribution in [0, 0.1) is 19.8 Å². The highest BCUT2D eigenvalue weighted by Crippen LogP contribution is 2.29. The molecule has 0 saturated carbocycles. The summed E-state index contributed by atoms with van der Waals surface area (Å²) in [4.78, 5) is 0. The Kier molecular flexibility index (Phi) is 3.75. The van der Waals surface area contributed by atoms with Crippen LogP contribution in [-0.2, 0) is 0 Å². The molecule has 0 aliphatic heterocycles. The third kappa shape index (κ3) is 2.51.